The molecule has 1 heterocycles. The normalized spacial score (nSPS) is 17.7. The quantitative estimate of drug-likeness (QED) is 0.363. The number of carbonyl (C=O) groups is 2. The fourth-order valence-electron chi connectivity index (χ4n) is 2.50. The Morgan fingerprint density at radius 3 is 2.53 bits per heavy atom. The van der Waals surface area contributed by atoms with E-state index < -0.39 is 10.2 Å². The molecule has 2 aromatic rings. The van der Waals surface area contributed by atoms with Crippen LogP contribution in [0.2, 0.25) is 0 Å². The molecule has 1 fully saturated rings. The Morgan fingerprint density at radius 2 is 1.90 bits per heavy atom. The Balaban J connectivity index is 1.59. The van der Waals surface area contributed by atoms with Gasteiger partial charge in [0.05, 0.1) is 10.6 Å². The molecule has 11 heteroatoms. The minimum absolute atomic E-state index is 0.00334. The van der Waals surface area contributed by atoms with Gasteiger partial charge in [-0.2, -0.15) is 5.10 Å². The summed E-state index contributed by atoms with van der Waals surface area (Å²) in [5.74, 6) is -0.593. The van der Waals surface area contributed by atoms with Gasteiger partial charge >= 0.3 is 0 Å². The lowest BCUT2D eigenvalue weighted by Crippen LogP contribution is -2.28. The van der Waals surface area contributed by atoms with Crippen LogP contribution in [0.4, 0.5) is 11.4 Å². The predicted octanol–water partition coefficient (Wildman–Crippen LogP) is 3.70. The number of hydrogen-bond acceptors (Lipinski definition) is 7. The molecular formula is C19H16BrN5O4S. The van der Waals surface area contributed by atoms with E-state index in [4.69, 9.17) is 0 Å². The third kappa shape index (κ3) is 5.74. The molecule has 2 N–H and O–H groups in total. The zero-order valence-electron chi connectivity index (χ0n) is 15.7. The molecule has 0 bridgehead atoms. The minimum atomic E-state index is -0.603. The summed E-state index contributed by atoms with van der Waals surface area (Å²) in [7, 11) is 0. The fourth-order valence-corrected chi connectivity index (χ4v) is 3.68. The molecule has 1 aliphatic heterocycles. The Bertz CT molecular complexity index is 1040. The van der Waals surface area contributed by atoms with Gasteiger partial charge in [-0.05, 0) is 48.9 Å². The van der Waals surface area contributed by atoms with Gasteiger partial charge in [0.2, 0.25) is 11.8 Å². The SMILES string of the molecule is C/C(=N\N=C1/NC(=O)C(CC(=O)Nc2ccc(Br)cc2)S1)c1ccc([N+](=O)[O-])cc1. The van der Waals surface area contributed by atoms with E-state index in [1.165, 1.54) is 12.1 Å². The summed E-state index contributed by atoms with van der Waals surface area (Å²) < 4.78 is 0.900. The van der Waals surface area contributed by atoms with Crippen molar-refractivity contribution < 1.29 is 14.5 Å². The van der Waals surface area contributed by atoms with E-state index in [1.807, 2.05) is 12.1 Å². The first-order chi connectivity index (χ1) is 14.3. The lowest BCUT2D eigenvalue weighted by atomic mass is 10.1. The van der Waals surface area contributed by atoms with Crippen LogP contribution < -0.4 is 10.6 Å². The van der Waals surface area contributed by atoms with Crippen LogP contribution in [-0.2, 0) is 9.59 Å². The van der Waals surface area contributed by atoms with Crippen molar-refractivity contribution in [1.82, 2.24) is 5.32 Å². The third-order valence-corrected chi connectivity index (χ3v) is 5.66. The van der Waals surface area contributed by atoms with Gasteiger partial charge in [0.25, 0.3) is 5.69 Å². The number of nitrogens with one attached hydrogen (secondary N) is 2. The van der Waals surface area contributed by atoms with E-state index in [9.17, 15) is 19.7 Å². The van der Waals surface area contributed by atoms with E-state index in [1.54, 1.807) is 31.2 Å². The Hall–Kier alpha value is -3.05. The highest BCUT2D eigenvalue weighted by molar-refractivity contribution is 9.10. The largest absolute Gasteiger partial charge is 0.326 e. The van der Waals surface area contributed by atoms with Crippen molar-refractivity contribution in [3.8, 4) is 0 Å². The van der Waals surface area contributed by atoms with Crippen LogP contribution in [0.25, 0.3) is 0 Å². The van der Waals surface area contributed by atoms with Crippen LogP contribution in [0, 0.1) is 10.1 Å². The number of nitrogens with zero attached hydrogens (tertiary/aromatic N) is 3. The molecule has 1 unspecified atom stereocenters. The molecule has 0 saturated carbocycles. The second-order valence-electron chi connectivity index (χ2n) is 6.25. The number of amidine groups is 1. The van der Waals surface area contributed by atoms with Crippen LogP contribution in [0.1, 0.15) is 18.9 Å². The number of nitro groups is 1. The molecule has 0 aliphatic carbocycles. The van der Waals surface area contributed by atoms with Crippen molar-refractivity contribution in [2.45, 2.75) is 18.6 Å². The molecule has 0 aromatic heterocycles. The number of non-ortho nitro benzene ring substituents is 1. The van der Waals surface area contributed by atoms with Gasteiger partial charge in [-0.25, -0.2) is 0 Å². The number of thioether (sulfide) groups is 1. The average Bonchev–Trinajstić information content (AvgIpc) is 3.07. The predicted molar refractivity (Wildman–Crippen MR) is 120 cm³/mol. The van der Waals surface area contributed by atoms with Gasteiger partial charge in [0, 0.05) is 28.7 Å². The van der Waals surface area contributed by atoms with Gasteiger partial charge < -0.3 is 10.6 Å². The van der Waals surface area contributed by atoms with Crippen molar-refractivity contribution in [1.29, 1.82) is 0 Å². The highest BCUT2D eigenvalue weighted by Crippen LogP contribution is 2.23. The molecule has 2 aromatic carbocycles. The number of nitro benzene ring substituents is 1. The van der Waals surface area contributed by atoms with Gasteiger partial charge in [-0.3, -0.25) is 19.7 Å². The summed E-state index contributed by atoms with van der Waals surface area (Å²) in [5, 5.41) is 23.8. The van der Waals surface area contributed by atoms with E-state index in [0.717, 1.165) is 16.2 Å². The molecule has 2 amide bonds. The Kier molecular flexibility index (Phi) is 6.95. The van der Waals surface area contributed by atoms with E-state index in [2.05, 4.69) is 36.8 Å². The van der Waals surface area contributed by atoms with Crippen LogP contribution in [0.3, 0.4) is 0 Å². The number of hydrogen-bond donors (Lipinski definition) is 2. The molecule has 9 nitrogen and oxygen atoms in total. The maximum absolute atomic E-state index is 12.2. The summed E-state index contributed by atoms with van der Waals surface area (Å²) in [6.45, 7) is 1.70. The standard InChI is InChI=1S/C19H16BrN5O4S/c1-11(12-2-8-15(9-3-12)25(28)29)23-24-19-22-18(27)16(30-19)10-17(26)21-14-6-4-13(20)5-7-14/h2-9,16H,10H2,1H3,(H,21,26)(H,22,24,27)/b23-11+. The summed E-state index contributed by atoms with van der Waals surface area (Å²) in [4.78, 5) is 34.6. The summed E-state index contributed by atoms with van der Waals surface area (Å²) in [5.41, 5.74) is 1.83. The van der Waals surface area contributed by atoms with Crippen molar-refractivity contribution in [2.75, 3.05) is 5.32 Å². The average molecular weight is 490 g/mol. The minimum Gasteiger partial charge on any atom is -0.326 e. The van der Waals surface area contributed by atoms with Crippen molar-refractivity contribution in [3.05, 3.63) is 68.7 Å². The molecule has 30 heavy (non-hydrogen) atoms. The topological polar surface area (TPSA) is 126 Å². The molecule has 1 saturated heterocycles. The monoisotopic (exact) mass is 489 g/mol. The van der Waals surface area contributed by atoms with E-state index >= 15 is 0 Å². The third-order valence-electron chi connectivity index (χ3n) is 4.06. The smallest absolute Gasteiger partial charge is 0.269 e. The number of carbonyl (C=O) groups excluding carboxylic acids is 2. The second kappa shape index (κ2) is 9.63. The van der Waals surface area contributed by atoms with E-state index in [0.29, 0.717) is 22.1 Å². The first kappa shape index (κ1) is 21.7. The summed E-state index contributed by atoms with van der Waals surface area (Å²) >= 11 is 4.45. The zero-order chi connectivity index (χ0) is 21.7. The van der Waals surface area contributed by atoms with Gasteiger partial charge in [-0.15, -0.1) is 5.10 Å². The van der Waals surface area contributed by atoms with Crippen LogP contribution in [-0.4, -0.2) is 32.9 Å². The fraction of sp³-hybridized carbons (Fsp3) is 0.158. The molecule has 3 rings (SSSR count). The number of rotatable bonds is 6. The van der Waals surface area contributed by atoms with Crippen molar-refractivity contribution in [2.24, 2.45) is 10.2 Å². The number of benzene rings is 2. The molecule has 154 valence electrons. The van der Waals surface area contributed by atoms with Gasteiger partial charge in [0.15, 0.2) is 5.17 Å². The summed E-state index contributed by atoms with van der Waals surface area (Å²) in [6, 6.07) is 13.0. The van der Waals surface area contributed by atoms with Crippen molar-refractivity contribution >= 4 is 61.8 Å². The molecular weight excluding hydrogens is 474 g/mol. The van der Waals surface area contributed by atoms with Crippen LogP contribution in [0.5, 0.6) is 0 Å². The summed E-state index contributed by atoms with van der Waals surface area (Å²) in [6.07, 6.45) is -0.00334. The molecule has 1 atom stereocenters. The second-order valence-corrected chi connectivity index (χ2v) is 8.36. The van der Waals surface area contributed by atoms with Gasteiger partial charge in [0.1, 0.15) is 5.25 Å². The van der Waals surface area contributed by atoms with Crippen LogP contribution >= 0.6 is 27.7 Å². The first-order valence-corrected chi connectivity index (χ1v) is 10.4. The van der Waals surface area contributed by atoms with Crippen molar-refractivity contribution in [3.63, 3.8) is 0 Å². The number of anilines is 1. The maximum atomic E-state index is 12.2. The highest BCUT2D eigenvalue weighted by atomic mass is 79.9. The first-order valence-electron chi connectivity index (χ1n) is 8.72. The zero-order valence-corrected chi connectivity index (χ0v) is 18.1. The van der Waals surface area contributed by atoms with Gasteiger partial charge in [-0.1, -0.05) is 27.7 Å². The molecule has 0 radical (unpaired) electrons. The molecule has 1 aliphatic rings. The molecule has 0 spiro atoms. The lowest BCUT2D eigenvalue weighted by Gasteiger charge is -2.07. The number of amides is 2. The highest BCUT2D eigenvalue weighted by Gasteiger charge is 2.32. The lowest BCUT2D eigenvalue weighted by molar-refractivity contribution is -0.384. The maximum Gasteiger partial charge on any atom is 0.269 e. The number of halogens is 1. The van der Waals surface area contributed by atoms with Crippen LogP contribution in [0.15, 0.2) is 63.2 Å². The Morgan fingerprint density at radius 1 is 1.23 bits per heavy atom. The Labute approximate surface area is 184 Å². The van der Waals surface area contributed by atoms with E-state index in [-0.39, 0.29) is 23.9 Å².